The summed E-state index contributed by atoms with van der Waals surface area (Å²) in [6.07, 6.45) is 1.19. The maximum Gasteiger partial charge on any atom is 0.221 e. The summed E-state index contributed by atoms with van der Waals surface area (Å²) in [6, 6.07) is 8.31. The highest BCUT2D eigenvalue weighted by Gasteiger charge is 2.05. The smallest absolute Gasteiger partial charge is 0.221 e. The van der Waals surface area contributed by atoms with Gasteiger partial charge in [-0.3, -0.25) is 4.79 Å². The summed E-state index contributed by atoms with van der Waals surface area (Å²) in [5, 5.41) is 6.33. The zero-order chi connectivity index (χ0) is 14.1. The van der Waals surface area contributed by atoms with Crippen LogP contribution in [0.2, 0.25) is 0 Å². The standard InChI is InChI=1S/C15H24N2OS/c1-4-19-10-6-9-16-12(2)14-7-5-8-15(11-14)17-13(3)18/h5,7-8,11-12,16H,4,6,9-10H2,1-3H3,(H,17,18). The molecule has 106 valence electrons. The predicted octanol–water partition coefficient (Wildman–Crippen LogP) is 3.44. The topological polar surface area (TPSA) is 41.1 Å². The number of thioether (sulfide) groups is 1. The third kappa shape index (κ3) is 6.64. The third-order valence-electron chi connectivity index (χ3n) is 2.83. The van der Waals surface area contributed by atoms with Gasteiger partial charge in [-0.2, -0.15) is 11.8 Å². The van der Waals surface area contributed by atoms with Crippen molar-refractivity contribution in [3.05, 3.63) is 29.8 Å². The van der Waals surface area contributed by atoms with E-state index in [9.17, 15) is 4.79 Å². The second-order valence-electron chi connectivity index (χ2n) is 4.53. The van der Waals surface area contributed by atoms with Crippen LogP contribution in [0.5, 0.6) is 0 Å². The van der Waals surface area contributed by atoms with Gasteiger partial charge >= 0.3 is 0 Å². The number of amides is 1. The summed E-state index contributed by atoms with van der Waals surface area (Å²) in [5.74, 6) is 2.37. The second-order valence-corrected chi connectivity index (χ2v) is 5.93. The molecule has 0 spiro atoms. The van der Waals surface area contributed by atoms with Crippen molar-refractivity contribution < 1.29 is 4.79 Å². The van der Waals surface area contributed by atoms with Gasteiger partial charge in [0.2, 0.25) is 5.91 Å². The van der Waals surface area contributed by atoms with E-state index in [1.807, 2.05) is 30.0 Å². The summed E-state index contributed by atoms with van der Waals surface area (Å²) >= 11 is 1.98. The van der Waals surface area contributed by atoms with Gasteiger partial charge in [0.05, 0.1) is 0 Å². The number of carbonyl (C=O) groups excluding carboxylic acids is 1. The molecule has 0 heterocycles. The molecule has 1 rings (SSSR count). The second kappa shape index (κ2) is 8.99. The van der Waals surface area contributed by atoms with Gasteiger partial charge in [-0.25, -0.2) is 0 Å². The molecule has 4 heteroatoms. The molecule has 0 saturated carbocycles. The van der Waals surface area contributed by atoms with Crippen molar-refractivity contribution in [3.63, 3.8) is 0 Å². The lowest BCUT2D eigenvalue weighted by Crippen LogP contribution is -2.20. The van der Waals surface area contributed by atoms with Gasteiger partial charge < -0.3 is 10.6 Å². The van der Waals surface area contributed by atoms with Gasteiger partial charge in [0.25, 0.3) is 0 Å². The number of anilines is 1. The molecule has 3 nitrogen and oxygen atoms in total. The fraction of sp³-hybridized carbons (Fsp3) is 0.533. The van der Waals surface area contributed by atoms with Crippen LogP contribution in [-0.2, 0) is 4.79 Å². The van der Waals surface area contributed by atoms with Crippen LogP contribution in [0, 0.1) is 0 Å². The van der Waals surface area contributed by atoms with Crippen LogP contribution in [0.4, 0.5) is 5.69 Å². The van der Waals surface area contributed by atoms with Crippen LogP contribution in [0.3, 0.4) is 0 Å². The van der Waals surface area contributed by atoms with Gasteiger partial charge in [-0.05, 0) is 49.1 Å². The maximum atomic E-state index is 11.0. The van der Waals surface area contributed by atoms with Gasteiger partial charge in [-0.1, -0.05) is 19.1 Å². The van der Waals surface area contributed by atoms with Crippen molar-refractivity contribution in [1.29, 1.82) is 0 Å². The Kier molecular flexibility index (Phi) is 7.60. The molecule has 0 aliphatic heterocycles. The Hall–Kier alpha value is -1.00. The van der Waals surface area contributed by atoms with Crippen LogP contribution in [0.25, 0.3) is 0 Å². The Morgan fingerprint density at radius 1 is 1.42 bits per heavy atom. The van der Waals surface area contributed by atoms with Gasteiger partial charge in [0, 0.05) is 18.7 Å². The van der Waals surface area contributed by atoms with E-state index in [0.29, 0.717) is 6.04 Å². The Morgan fingerprint density at radius 3 is 2.89 bits per heavy atom. The zero-order valence-corrected chi connectivity index (χ0v) is 12.8. The van der Waals surface area contributed by atoms with Crippen LogP contribution in [0.15, 0.2) is 24.3 Å². The molecule has 0 bridgehead atoms. The van der Waals surface area contributed by atoms with Crippen molar-refractivity contribution in [2.24, 2.45) is 0 Å². The number of nitrogens with one attached hydrogen (secondary N) is 2. The van der Waals surface area contributed by atoms with Crippen molar-refractivity contribution in [2.45, 2.75) is 33.2 Å². The predicted molar refractivity (Wildman–Crippen MR) is 84.8 cm³/mol. The van der Waals surface area contributed by atoms with Crippen LogP contribution in [0.1, 0.15) is 38.8 Å². The molecule has 1 amide bonds. The van der Waals surface area contributed by atoms with E-state index in [2.05, 4.69) is 30.5 Å². The SMILES string of the molecule is CCSCCCNC(C)c1cccc(NC(C)=O)c1. The molecule has 2 N–H and O–H groups in total. The Bertz CT molecular complexity index is 395. The highest BCUT2D eigenvalue weighted by Crippen LogP contribution is 2.17. The quantitative estimate of drug-likeness (QED) is 0.717. The fourth-order valence-electron chi connectivity index (χ4n) is 1.84. The molecule has 0 radical (unpaired) electrons. The first-order chi connectivity index (χ1) is 9.13. The molecule has 19 heavy (non-hydrogen) atoms. The van der Waals surface area contributed by atoms with E-state index in [1.165, 1.54) is 30.4 Å². The number of rotatable bonds is 8. The summed E-state index contributed by atoms with van der Waals surface area (Å²) in [5.41, 5.74) is 2.06. The van der Waals surface area contributed by atoms with E-state index >= 15 is 0 Å². The van der Waals surface area contributed by atoms with E-state index in [0.717, 1.165) is 12.2 Å². The molecule has 0 saturated heterocycles. The molecule has 0 aliphatic carbocycles. The summed E-state index contributed by atoms with van der Waals surface area (Å²) in [4.78, 5) is 11.0. The minimum atomic E-state index is -0.0330. The molecule has 0 aromatic heterocycles. The molecule has 1 atom stereocenters. The molecular weight excluding hydrogens is 256 g/mol. The summed E-state index contributed by atoms with van der Waals surface area (Å²) in [7, 11) is 0. The van der Waals surface area contributed by atoms with Crippen molar-refractivity contribution in [3.8, 4) is 0 Å². The van der Waals surface area contributed by atoms with Crippen LogP contribution in [-0.4, -0.2) is 24.0 Å². The lowest BCUT2D eigenvalue weighted by Gasteiger charge is -2.15. The zero-order valence-electron chi connectivity index (χ0n) is 12.0. The first-order valence-electron chi connectivity index (χ1n) is 6.82. The largest absolute Gasteiger partial charge is 0.326 e. The number of hydrogen-bond acceptors (Lipinski definition) is 3. The third-order valence-corrected chi connectivity index (χ3v) is 3.81. The van der Waals surface area contributed by atoms with E-state index in [1.54, 1.807) is 0 Å². The van der Waals surface area contributed by atoms with Crippen molar-refractivity contribution in [1.82, 2.24) is 5.32 Å². The van der Waals surface area contributed by atoms with Crippen LogP contribution < -0.4 is 10.6 Å². The lowest BCUT2D eigenvalue weighted by atomic mass is 10.1. The first-order valence-corrected chi connectivity index (χ1v) is 7.97. The monoisotopic (exact) mass is 280 g/mol. The molecule has 0 aliphatic rings. The Morgan fingerprint density at radius 2 is 2.21 bits per heavy atom. The Labute approximate surface area is 120 Å². The first kappa shape index (κ1) is 16.1. The van der Waals surface area contributed by atoms with Crippen LogP contribution >= 0.6 is 11.8 Å². The molecule has 1 aromatic rings. The van der Waals surface area contributed by atoms with E-state index in [4.69, 9.17) is 0 Å². The van der Waals surface area contributed by atoms with E-state index in [-0.39, 0.29) is 5.91 Å². The van der Waals surface area contributed by atoms with Crippen molar-refractivity contribution >= 4 is 23.4 Å². The average Bonchev–Trinajstić information content (AvgIpc) is 2.38. The minimum absolute atomic E-state index is 0.0330. The average molecular weight is 280 g/mol. The molecule has 0 fully saturated rings. The molecule has 1 aromatic carbocycles. The van der Waals surface area contributed by atoms with Gasteiger partial charge in [-0.15, -0.1) is 0 Å². The Balaban J connectivity index is 2.43. The summed E-state index contributed by atoms with van der Waals surface area (Å²) in [6.45, 7) is 6.90. The number of benzene rings is 1. The van der Waals surface area contributed by atoms with Gasteiger partial charge in [0.15, 0.2) is 0 Å². The highest BCUT2D eigenvalue weighted by molar-refractivity contribution is 7.99. The lowest BCUT2D eigenvalue weighted by molar-refractivity contribution is -0.114. The number of carbonyl (C=O) groups is 1. The number of hydrogen-bond donors (Lipinski definition) is 2. The maximum absolute atomic E-state index is 11.0. The van der Waals surface area contributed by atoms with Gasteiger partial charge in [0.1, 0.15) is 0 Å². The highest BCUT2D eigenvalue weighted by atomic mass is 32.2. The normalized spacial score (nSPS) is 12.2. The fourth-order valence-corrected chi connectivity index (χ4v) is 2.48. The van der Waals surface area contributed by atoms with Crippen molar-refractivity contribution in [2.75, 3.05) is 23.4 Å². The molecule has 1 unspecified atom stereocenters. The van der Waals surface area contributed by atoms with E-state index < -0.39 is 0 Å². The molecular formula is C15H24N2OS. The summed E-state index contributed by atoms with van der Waals surface area (Å²) < 4.78 is 0. The minimum Gasteiger partial charge on any atom is -0.326 e.